The molecule has 0 saturated heterocycles. The summed E-state index contributed by atoms with van der Waals surface area (Å²) in [6.45, 7) is 4.36. The summed E-state index contributed by atoms with van der Waals surface area (Å²) < 4.78 is 0. The molecule has 1 aromatic carbocycles. The molecule has 0 aliphatic rings. The normalized spacial score (nSPS) is 12.3. The molecule has 15 heavy (non-hydrogen) atoms. The second kappa shape index (κ2) is 4.94. The van der Waals surface area contributed by atoms with Gasteiger partial charge in [-0.2, -0.15) is 0 Å². The van der Waals surface area contributed by atoms with E-state index >= 15 is 0 Å². The first kappa shape index (κ1) is 11.7. The molecule has 2 N–H and O–H groups in total. The van der Waals surface area contributed by atoms with Gasteiger partial charge < -0.3 is 10.6 Å². The fourth-order valence-corrected chi connectivity index (χ4v) is 1.39. The molecular weight excluding hydrogens is 188 g/mol. The molecule has 0 aliphatic carbocycles. The van der Waals surface area contributed by atoms with Crippen LogP contribution in [0.3, 0.4) is 0 Å². The van der Waals surface area contributed by atoms with Crippen molar-refractivity contribution < 1.29 is 4.79 Å². The van der Waals surface area contributed by atoms with Gasteiger partial charge in [0.2, 0.25) is 5.91 Å². The van der Waals surface area contributed by atoms with E-state index in [1.807, 2.05) is 31.2 Å². The van der Waals surface area contributed by atoms with E-state index < -0.39 is 6.04 Å². The van der Waals surface area contributed by atoms with Crippen molar-refractivity contribution in [3.63, 3.8) is 0 Å². The fourth-order valence-electron chi connectivity index (χ4n) is 1.39. The van der Waals surface area contributed by atoms with Gasteiger partial charge in [0.25, 0.3) is 0 Å². The number of carbonyl (C=O) groups excluding carboxylic acids is 1. The van der Waals surface area contributed by atoms with Crippen molar-refractivity contribution in [1.29, 1.82) is 0 Å². The number of nitrogens with two attached hydrogens (primary N) is 1. The standard InChI is InChI=1S/C12H18N2O/c1-9-4-6-11(7-5-9)8-14(3)12(15)10(2)13/h4-7,10H,8,13H2,1-3H3/t10-/m1/s1. The molecule has 1 atom stereocenters. The minimum atomic E-state index is -0.430. The second-order valence-electron chi connectivity index (χ2n) is 3.97. The third kappa shape index (κ3) is 3.36. The number of hydrogen-bond donors (Lipinski definition) is 1. The summed E-state index contributed by atoms with van der Waals surface area (Å²) in [6, 6.07) is 7.71. The van der Waals surface area contributed by atoms with Crippen molar-refractivity contribution in [3.8, 4) is 0 Å². The van der Waals surface area contributed by atoms with E-state index in [0.717, 1.165) is 5.56 Å². The van der Waals surface area contributed by atoms with Crippen LogP contribution in [0.15, 0.2) is 24.3 Å². The molecule has 1 aromatic rings. The number of amides is 1. The molecule has 0 bridgehead atoms. The fraction of sp³-hybridized carbons (Fsp3) is 0.417. The minimum absolute atomic E-state index is 0.0319. The summed E-state index contributed by atoms with van der Waals surface area (Å²) in [7, 11) is 1.77. The van der Waals surface area contributed by atoms with Gasteiger partial charge in [0.05, 0.1) is 6.04 Å². The first-order valence-corrected chi connectivity index (χ1v) is 5.07. The second-order valence-corrected chi connectivity index (χ2v) is 3.97. The molecule has 0 heterocycles. The number of benzene rings is 1. The van der Waals surface area contributed by atoms with Crippen molar-refractivity contribution >= 4 is 5.91 Å². The van der Waals surface area contributed by atoms with E-state index in [9.17, 15) is 4.79 Å². The van der Waals surface area contributed by atoms with Crippen LogP contribution in [0.5, 0.6) is 0 Å². The zero-order valence-electron chi connectivity index (χ0n) is 9.53. The molecule has 0 fully saturated rings. The Labute approximate surface area is 90.9 Å². The van der Waals surface area contributed by atoms with Crippen LogP contribution in [0.4, 0.5) is 0 Å². The Morgan fingerprint density at radius 3 is 2.40 bits per heavy atom. The van der Waals surface area contributed by atoms with E-state index in [-0.39, 0.29) is 5.91 Å². The predicted octanol–water partition coefficient (Wildman–Crippen LogP) is 1.30. The van der Waals surface area contributed by atoms with Crippen molar-refractivity contribution in [2.45, 2.75) is 26.4 Å². The summed E-state index contributed by atoms with van der Waals surface area (Å²) in [5.74, 6) is -0.0319. The maximum atomic E-state index is 11.5. The van der Waals surface area contributed by atoms with Gasteiger partial charge in [0.1, 0.15) is 0 Å². The largest absolute Gasteiger partial charge is 0.340 e. The smallest absolute Gasteiger partial charge is 0.239 e. The van der Waals surface area contributed by atoms with Gasteiger partial charge in [-0.05, 0) is 19.4 Å². The number of hydrogen-bond acceptors (Lipinski definition) is 2. The average Bonchev–Trinajstić information content (AvgIpc) is 2.20. The third-order valence-electron chi connectivity index (χ3n) is 2.31. The summed E-state index contributed by atoms with van der Waals surface area (Å²) >= 11 is 0. The third-order valence-corrected chi connectivity index (χ3v) is 2.31. The lowest BCUT2D eigenvalue weighted by Crippen LogP contribution is -2.39. The Morgan fingerprint density at radius 1 is 1.40 bits per heavy atom. The zero-order chi connectivity index (χ0) is 11.4. The van der Waals surface area contributed by atoms with Crippen molar-refractivity contribution in [2.75, 3.05) is 7.05 Å². The lowest BCUT2D eigenvalue weighted by atomic mass is 10.1. The molecule has 82 valence electrons. The number of carbonyl (C=O) groups is 1. The van der Waals surface area contributed by atoms with E-state index in [2.05, 4.69) is 0 Å². The highest BCUT2D eigenvalue weighted by Gasteiger charge is 2.12. The summed E-state index contributed by atoms with van der Waals surface area (Å²) in [6.07, 6.45) is 0. The van der Waals surface area contributed by atoms with Crippen LogP contribution in [0.1, 0.15) is 18.1 Å². The van der Waals surface area contributed by atoms with E-state index in [4.69, 9.17) is 5.73 Å². The van der Waals surface area contributed by atoms with E-state index in [1.54, 1.807) is 18.9 Å². The van der Waals surface area contributed by atoms with Crippen LogP contribution in [-0.4, -0.2) is 23.9 Å². The first-order chi connectivity index (χ1) is 7.00. The van der Waals surface area contributed by atoms with Gasteiger partial charge in [0, 0.05) is 13.6 Å². The molecular formula is C12H18N2O. The van der Waals surface area contributed by atoms with Crippen LogP contribution in [0.25, 0.3) is 0 Å². The van der Waals surface area contributed by atoms with E-state index in [0.29, 0.717) is 6.54 Å². The molecule has 0 aromatic heterocycles. The van der Waals surface area contributed by atoms with Crippen LogP contribution < -0.4 is 5.73 Å². The molecule has 0 aliphatic heterocycles. The quantitative estimate of drug-likeness (QED) is 0.810. The van der Waals surface area contributed by atoms with Crippen LogP contribution in [0, 0.1) is 6.92 Å². The van der Waals surface area contributed by atoms with Gasteiger partial charge >= 0.3 is 0 Å². The number of nitrogens with zero attached hydrogens (tertiary/aromatic N) is 1. The summed E-state index contributed by atoms with van der Waals surface area (Å²) in [5.41, 5.74) is 7.87. The van der Waals surface area contributed by atoms with E-state index in [1.165, 1.54) is 5.56 Å². The highest BCUT2D eigenvalue weighted by molar-refractivity contribution is 5.80. The lowest BCUT2D eigenvalue weighted by molar-refractivity contribution is -0.131. The van der Waals surface area contributed by atoms with Crippen LogP contribution in [-0.2, 0) is 11.3 Å². The Balaban J connectivity index is 2.62. The highest BCUT2D eigenvalue weighted by Crippen LogP contribution is 2.06. The number of aryl methyl sites for hydroxylation is 1. The highest BCUT2D eigenvalue weighted by atomic mass is 16.2. The first-order valence-electron chi connectivity index (χ1n) is 5.07. The monoisotopic (exact) mass is 206 g/mol. The molecule has 0 spiro atoms. The number of likely N-dealkylation sites (N-methyl/N-ethyl adjacent to an activating group) is 1. The SMILES string of the molecule is Cc1ccc(CN(C)C(=O)[C@@H](C)N)cc1. The van der Waals surface area contributed by atoms with Gasteiger partial charge in [-0.3, -0.25) is 4.79 Å². The maximum absolute atomic E-state index is 11.5. The minimum Gasteiger partial charge on any atom is -0.340 e. The Bertz CT molecular complexity index is 330. The lowest BCUT2D eigenvalue weighted by Gasteiger charge is -2.19. The molecule has 3 heteroatoms. The predicted molar refractivity (Wildman–Crippen MR) is 61.3 cm³/mol. The Morgan fingerprint density at radius 2 is 1.93 bits per heavy atom. The topological polar surface area (TPSA) is 46.3 Å². The molecule has 1 rings (SSSR count). The molecule has 0 unspecified atom stereocenters. The molecule has 1 amide bonds. The van der Waals surface area contributed by atoms with Gasteiger partial charge in [-0.1, -0.05) is 29.8 Å². The van der Waals surface area contributed by atoms with Gasteiger partial charge in [-0.25, -0.2) is 0 Å². The Kier molecular flexibility index (Phi) is 3.86. The molecule has 0 saturated carbocycles. The Hall–Kier alpha value is -1.35. The van der Waals surface area contributed by atoms with Crippen LogP contribution >= 0.6 is 0 Å². The van der Waals surface area contributed by atoms with Crippen LogP contribution in [0.2, 0.25) is 0 Å². The molecule has 0 radical (unpaired) electrons. The van der Waals surface area contributed by atoms with Gasteiger partial charge in [0.15, 0.2) is 0 Å². The summed E-state index contributed by atoms with van der Waals surface area (Å²) in [5, 5.41) is 0. The van der Waals surface area contributed by atoms with Crippen molar-refractivity contribution in [3.05, 3.63) is 35.4 Å². The van der Waals surface area contributed by atoms with Crippen molar-refractivity contribution in [1.82, 2.24) is 4.90 Å². The zero-order valence-corrected chi connectivity index (χ0v) is 9.53. The molecule has 3 nitrogen and oxygen atoms in total. The van der Waals surface area contributed by atoms with Crippen molar-refractivity contribution in [2.24, 2.45) is 5.73 Å². The van der Waals surface area contributed by atoms with Gasteiger partial charge in [-0.15, -0.1) is 0 Å². The average molecular weight is 206 g/mol. The number of rotatable bonds is 3. The summed E-state index contributed by atoms with van der Waals surface area (Å²) in [4.78, 5) is 13.2. The maximum Gasteiger partial charge on any atom is 0.239 e.